The molecule has 0 amide bonds. The van der Waals surface area contributed by atoms with Crippen LogP contribution >= 0.6 is 0 Å². The molecule has 0 saturated carbocycles. The molecule has 0 saturated heterocycles. The summed E-state index contributed by atoms with van der Waals surface area (Å²) in [5.74, 6) is 1.25. The Morgan fingerprint density at radius 2 is 2.06 bits per heavy atom. The average molecular weight is 241 g/mol. The van der Waals surface area contributed by atoms with Crippen LogP contribution in [-0.4, -0.2) is 43.6 Å². The molecule has 96 valence electrons. The molecule has 1 heterocycles. The fraction of sp³-hybridized carbons (Fsp3) is 0.636. The van der Waals surface area contributed by atoms with E-state index in [1.54, 1.807) is 20.3 Å². The van der Waals surface area contributed by atoms with Crippen molar-refractivity contribution >= 4 is 5.82 Å². The minimum atomic E-state index is -0.301. The number of methoxy groups -OCH3 is 2. The first-order valence-electron chi connectivity index (χ1n) is 5.54. The van der Waals surface area contributed by atoms with Crippen molar-refractivity contribution in [2.45, 2.75) is 19.6 Å². The van der Waals surface area contributed by atoms with Crippen LogP contribution in [0, 0.1) is 0 Å². The predicted octanol–water partition coefficient (Wildman–Crippen LogP) is 1.30. The highest BCUT2D eigenvalue weighted by molar-refractivity contribution is 5.36. The molecule has 1 aromatic rings. The van der Waals surface area contributed by atoms with Crippen LogP contribution in [0.4, 0.5) is 5.82 Å². The highest BCUT2D eigenvalue weighted by Gasteiger charge is 2.05. The maximum atomic E-state index is 5.40. The smallest absolute Gasteiger partial charge is 0.218 e. The third-order valence-corrected chi connectivity index (χ3v) is 2.07. The lowest BCUT2D eigenvalue weighted by Crippen LogP contribution is -2.24. The van der Waals surface area contributed by atoms with Gasteiger partial charge in [-0.1, -0.05) is 6.92 Å². The fourth-order valence-corrected chi connectivity index (χ4v) is 1.17. The van der Waals surface area contributed by atoms with Crippen LogP contribution in [-0.2, 0) is 9.47 Å². The number of anilines is 1. The first kappa shape index (κ1) is 13.7. The van der Waals surface area contributed by atoms with E-state index in [0.717, 1.165) is 6.42 Å². The Kier molecular flexibility index (Phi) is 6.27. The van der Waals surface area contributed by atoms with Gasteiger partial charge in [-0.2, -0.15) is 0 Å². The maximum absolute atomic E-state index is 5.40. The second kappa shape index (κ2) is 7.81. The largest absolute Gasteiger partial charge is 0.478 e. The fourth-order valence-electron chi connectivity index (χ4n) is 1.17. The third kappa shape index (κ3) is 4.97. The lowest BCUT2D eigenvalue weighted by molar-refractivity contribution is -0.0914. The summed E-state index contributed by atoms with van der Waals surface area (Å²) >= 11 is 0. The van der Waals surface area contributed by atoms with E-state index in [1.807, 2.05) is 6.92 Å². The minimum absolute atomic E-state index is 0.301. The molecule has 6 heteroatoms. The second-order valence-corrected chi connectivity index (χ2v) is 3.37. The number of hydrogen-bond donors (Lipinski definition) is 1. The van der Waals surface area contributed by atoms with Gasteiger partial charge in [0.05, 0.1) is 13.2 Å². The molecule has 0 aliphatic heterocycles. The molecule has 1 rings (SSSR count). The van der Waals surface area contributed by atoms with E-state index in [2.05, 4.69) is 15.3 Å². The number of rotatable bonds is 8. The number of aromatic nitrogens is 2. The molecule has 1 aromatic heterocycles. The number of nitrogens with one attached hydrogen (secondary N) is 1. The van der Waals surface area contributed by atoms with Crippen molar-refractivity contribution in [2.24, 2.45) is 0 Å². The van der Waals surface area contributed by atoms with E-state index in [1.165, 1.54) is 6.33 Å². The summed E-state index contributed by atoms with van der Waals surface area (Å²) in [7, 11) is 3.18. The number of nitrogens with zero attached hydrogens (tertiary/aromatic N) is 2. The monoisotopic (exact) mass is 241 g/mol. The van der Waals surface area contributed by atoms with Gasteiger partial charge >= 0.3 is 0 Å². The van der Waals surface area contributed by atoms with Gasteiger partial charge in [0, 0.05) is 20.3 Å². The van der Waals surface area contributed by atoms with Gasteiger partial charge in [-0.3, -0.25) is 0 Å². The van der Waals surface area contributed by atoms with Gasteiger partial charge < -0.3 is 19.5 Å². The Balaban J connectivity index is 2.47. The standard InChI is InChI=1S/C11H19N3O3/c1-4-5-17-10-6-9(13-8-14-10)12-7-11(15-2)16-3/h6,8,11H,4-5,7H2,1-3H3,(H,12,13,14). The molecule has 0 aromatic carbocycles. The molecule has 0 aliphatic carbocycles. The van der Waals surface area contributed by atoms with Gasteiger partial charge in [0.25, 0.3) is 0 Å². The molecule has 0 bridgehead atoms. The van der Waals surface area contributed by atoms with E-state index in [0.29, 0.717) is 24.8 Å². The summed E-state index contributed by atoms with van der Waals surface area (Å²) in [4.78, 5) is 8.08. The highest BCUT2D eigenvalue weighted by atomic mass is 16.7. The number of ether oxygens (including phenoxy) is 3. The normalized spacial score (nSPS) is 10.6. The van der Waals surface area contributed by atoms with Gasteiger partial charge in [0.2, 0.25) is 5.88 Å². The van der Waals surface area contributed by atoms with Crippen LogP contribution in [0.1, 0.15) is 13.3 Å². The molecule has 1 N–H and O–H groups in total. The van der Waals surface area contributed by atoms with E-state index in [4.69, 9.17) is 14.2 Å². The van der Waals surface area contributed by atoms with Crippen molar-refractivity contribution in [3.8, 4) is 5.88 Å². The zero-order chi connectivity index (χ0) is 12.5. The van der Waals surface area contributed by atoms with Gasteiger partial charge in [0.1, 0.15) is 12.1 Å². The van der Waals surface area contributed by atoms with Crippen LogP contribution in [0.2, 0.25) is 0 Å². The van der Waals surface area contributed by atoms with Crippen molar-refractivity contribution in [1.82, 2.24) is 9.97 Å². The molecule has 0 fully saturated rings. The van der Waals surface area contributed by atoms with Gasteiger partial charge in [-0.25, -0.2) is 9.97 Å². The molecule has 0 spiro atoms. The lowest BCUT2D eigenvalue weighted by Gasteiger charge is -2.14. The summed E-state index contributed by atoms with van der Waals surface area (Å²) in [6, 6.07) is 1.75. The molecule has 0 aliphatic rings. The minimum Gasteiger partial charge on any atom is -0.478 e. The summed E-state index contributed by atoms with van der Waals surface area (Å²) in [6.45, 7) is 3.20. The van der Waals surface area contributed by atoms with Crippen molar-refractivity contribution in [2.75, 3.05) is 32.7 Å². The second-order valence-electron chi connectivity index (χ2n) is 3.37. The lowest BCUT2D eigenvalue weighted by atomic mass is 10.5. The molecular weight excluding hydrogens is 222 g/mol. The van der Waals surface area contributed by atoms with Gasteiger partial charge in [-0.15, -0.1) is 0 Å². The zero-order valence-corrected chi connectivity index (χ0v) is 10.5. The van der Waals surface area contributed by atoms with Crippen LogP contribution in [0.5, 0.6) is 5.88 Å². The first-order valence-corrected chi connectivity index (χ1v) is 5.54. The Morgan fingerprint density at radius 3 is 2.71 bits per heavy atom. The molecule has 0 atom stereocenters. The summed E-state index contributed by atoms with van der Waals surface area (Å²) in [6.07, 6.45) is 2.11. The summed E-state index contributed by atoms with van der Waals surface area (Å²) < 4.78 is 15.5. The zero-order valence-electron chi connectivity index (χ0n) is 10.5. The van der Waals surface area contributed by atoms with Crippen molar-refractivity contribution in [3.63, 3.8) is 0 Å². The number of hydrogen-bond acceptors (Lipinski definition) is 6. The summed E-state index contributed by atoms with van der Waals surface area (Å²) in [5.41, 5.74) is 0. The van der Waals surface area contributed by atoms with Crippen molar-refractivity contribution < 1.29 is 14.2 Å². The van der Waals surface area contributed by atoms with Crippen LogP contribution in [0.3, 0.4) is 0 Å². The SMILES string of the molecule is CCCOc1cc(NCC(OC)OC)ncn1. The Bertz CT molecular complexity index is 319. The molecule has 6 nitrogen and oxygen atoms in total. The molecular formula is C11H19N3O3. The van der Waals surface area contributed by atoms with Crippen LogP contribution in [0.25, 0.3) is 0 Å². The van der Waals surface area contributed by atoms with Crippen molar-refractivity contribution in [3.05, 3.63) is 12.4 Å². The van der Waals surface area contributed by atoms with E-state index >= 15 is 0 Å². The Labute approximate surface area is 101 Å². The predicted molar refractivity (Wildman–Crippen MR) is 64.1 cm³/mol. The third-order valence-electron chi connectivity index (χ3n) is 2.07. The topological polar surface area (TPSA) is 65.5 Å². The Hall–Kier alpha value is -1.40. The first-order chi connectivity index (χ1) is 8.30. The maximum Gasteiger partial charge on any atom is 0.218 e. The van der Waals surface area contributed by atoms with Crippen molar-refractivity contribution in [1.29, 1.82) is 0 Å². The molecule has 0 unspecified atom stereocenters. The average Bonchev–Trinajstić information content (AvgIpc) is 2.38. The van der Waals surface area contributed by atoms with Gasteiger partial charge in [-0.05, 0) is 6.42 Å². The molecule has 0 radical (unpaired) electrons. The van der Waals surface area contributed by atoms with Gasteiger partial charge in [0.15, 0.2) is 6.29 Å². The summed E-state index contributed by atoms with van der Waals surface area (Å²) in [5, 5.41) is 3.08. The van der Waals surface area contributed by atoms with E-state index < -0.39 is 0 Å². The van der Waals surface area contributed by atoms with Crippen LogP contribution < -0.4 is 10.1 Å². The Morgan fingerprint density at radius 1 is 1.29 bits per heavy atom. The van der Waals surface area contributed by atoms with Crippen LogP contribution in [0.15, 0.2) is 12.4 Å². The molecule has 17 heavy (non-hydrogen) atoms. The van der Waals surface area contributed by atoms with E-state index in [9.17, 15) is 0 Å². The quantitative estimate of drug-likeness (QED) is 0.692. The van der Waals surface area contributed by atoms with E-state index in [-0.39, 0.29) is 6.29 Å². The highest BCUT2D eigenvalue weighted by Crippen LogP contribution is 2.11.